The molecule has 49 heavy (non-hydrogen) atoms. The number of hydrogen-bond donors (Lipinski definition) is 0. The number of hydrogen-bond acceptors (Lipinski definition) is 5. The maximum absolute atomic E-state index is 7.20. The Morgan fingerprint density at radius 3 is 1.65 bits per heavy atom. The van der Waals surface area contributed by atoms with Crippen molar-refractivity contribution >= 4 is 8.38 Å². The molecule has 0 aromatic heterocycles. The molecule has 6 heteroatoms. The van der Waals surface area contributed by atoms with Gasteiger partial charge in [-0.3, -0.25) is 4.90 Å². The van der Waals surface area contributed by atoms with E-state index < -0.39 is 13.8 Å². The number of nitrogens with zero attached hydrogens (tertiary/aromatic N) is 1. The number of fused-ring (bicyclic) bond motifs is 2. The molecule has 9 rings (SSSR count). The fourth-order valence-corrected chi connectivity index (χ4v) is 9.54. The molecule has 242 valence electrons. The number of rotatable bonds is 6. The molecule has 0 radical (unpaired) electrons. The van der Waals surface area contributed by atoms with Crippen molar-refractivity contribution in [1.82, 2.24) is 4.90 Å². The van der Waals surface area contributed by atoms with Crippen LogP contribution in [0.2, 0.25) is 0 Å². The van der Waals surface area contributed by atoms with E-state index in [1.807, 2.05) is 18.2 Å². The van der Waals surface area contributed by atoms with Gasteiger partial charge in [0.25, 0.3) is 0 Å². The lowest BCUT2D eigenvalue weighted by atomic mass is 9.61. The van der Waals surface area contributed by atoms with Crippen molar-refractivity contribution in [1.29, 1.82) is 0 Å². The maximum Gasteiger partial charge on any atom is 0.245 e. The summed E-state index contributed by atoms with van der Waals surface area (Å²) in [7, 11) is -1.46. The van der Waals surface area contributed by atoms with Gasteiger partial charge in [0.1, 0.15) is 28.7 Å². The molecule has 6 aromatic rings. The second-order valence-electron chi connectivity index (χ2n) is 12.9. The van der Waals surface area contributed by atoms with E-state index >= 15 is 0 Å². The van der Waals surface area contributed by atoms with Gasteiger partial charge in [0.15, 0.2) is 0 Å². The van der Waals surface area contributed by atoms with Crippen LogP contribution < -0.4 is 14.0 Å². The quantitative estimate of drug-likeness (QED) is 0.166. The summed E-state index contributed by atoms with van der Waals surface area (Å²) in [5, 5.41) is 0. The van der Waals surface area contributed by atoms with E-state index in [4.69, 9.17) is 18.5 Å². The van der Waals surface area contributed by atoms with Crippen LogP contribution in [0.4, 0.5) is 0 Å². The molecule has 0 aliphatic carbocycles. The molecular formula is C43H36NO4P. The van der Waals surface area contributed by atoms with Crippen LogP contribution in [0, 0.1) is 0 Å². The Morgan fingerprint density at radius 1 is 0.551 bits per heavy atom. The van der Waals surface area contributed by atoms with Crippen molar-refractivity contribution in [2.24, 2.45) is 0 Å². The predicted molar refractivity (Wildman–Crippen MR) is 194 cm³/mol. The molecule has 0 bridgehead atoms. The molecule has 0 amide bonds. The molecule has 3 aliphatic rings. The SMILES string of the molecule is C[C@@H](c1ccccc1)N(CP1OCc2cccc3c2[C@]2(c4ccccc4O3)c3ccccc3Oc3cccc(c32)O1)[C@@H](C)c1ccccc1. The average Bonchev–Trinajstić information content (AvgIpc) is 3.21. The van der Waals surface area contributed by atoms with Gasteiger partial charge in [0, 0.05) is 28.8 Å². The molecule has 0 saturated carbocycles. The molecule has 0 saturated heterocycles. The van der Waals surface area contributed by atoms with Crippen molar-refractivity contribution < 1.29 is 18.5 Å². The largest absolute Gasteiger partial charge is 0.457 e. The number of benzene rings is 6. The van der Waals surface area contributed by atoms with Gasteiger partial charge in [-0.15, -0.1) is 0 Å². The highest BCUT2D eigenvalue weighted by Crippen LogP contribution is 2.65. The van der Waals surface area contributed by atoms with Crippen LogP contribution in [-0.2, 0) is 16.5 Å². The molecule has 1 unspecified atom stereocenters. The van der Waals surface area contributed by atoms with Gasteiger partial charge in [-0.25, -0.2) is 0 Å². The third kappa shape index (κ3) is 4.88. The van der Waals surface area contributed by atoms with E-state index in [2.05, 4.69) is 146 Å². The van der Waals surface area contributed by atoms with Crippen molar-refractivity contribution in [3.8, 4) is 28.7 Å². The van der Waals surface area contributed by atoms with E-state index in [-0.39, 0.29) is 12.1 Å². The van der Waals surface area contributed by atoms with Gasteiger partial charge in [0.05, 0.1) is 23.9 Å². The highest BCUT2D eigenvalue weighted by Gasteiger charge is 2.54. The lowest BCUT2D eigenvalue weighted by Crippen LogP contribution is -2.38. The molecule has 1 spiro atoms. The summed E-state index contributed by atoms with van der Waals surface area (Å²) in [6.07, 6.45) is 0.595. The minimum atomic E-state index is -1.46. The highest BCUT2D eigenvalue weighted by atomic mass is 31.2. The number of ether oxygens (including phenoxy) is 2. The first-order valence-electron chi connectivity index (χ1n) is 16.9. The third-order valence-corrected chi connectivity index (χ3v) is 11.6. The van der Waals surface area contributed by atoms with Gasteiger partial charge in [-0.05, 0) is 60.9 Å². The fraction of sp³-hybridized carbons (Fsp3) is 0.163. The van der Waals surface area contributed by atoms with Crippen molar-refractivity contribution in [3.05, 3.63) is 185 Å². The zero-order valence-electron chi connectivity index (χ0n) is 27.5. The van der Waals surface area contributed by atoms with E-state index in [1.165, 1.54) is 11.1 Å². The van der Waals surface area contributed by atoms with Crippen LogP contribution in [0.15, 0.2) is 146 Å². The Balaban J connectivity index is 1.23. The zero-order chi connectivity index (χ0) is 33.0. The molecule has 0 fully saturated rings. The maximum atomic E-state index is 7.20. The summed E-state index contributed by atoms with van der Waals surface area (Å²) in [6.45, 7) is 4.93. The second kappa shape index (κ2) is 12.2. The van der Waals surface area contributed by atoms with Crippen LogP contribution >= 0.6 is 8.38 Å². The average molecular weight is 662 g/mol. The molecule has 5 nitrogen and oxygen atoms in total. The summed E-state index contributed by atoms with van der Waals surface area (Å²) in [6, 6.07) is 50.8. The molecule has 0 N–H and O–H groups in total. The van der Waals surface area contributed by atoms with Gasteiger partial charge < -0.3 is 18.5 Å². The predicted octanol–water partition coefficient (Wildman–Crippen LogP) is 11.3. The van der Waals surface area contributed by atoms with Gasteiger partial charge in [-0.2, -0.15) is 0 Å². The minimum Gasteiger partial charge on any atom is -0.457 e. The fourth-order valence-electron chi connectivity index (χ4n) is 7.93. The van der Waals surface area contributed by atoms with Gasteiger partial charge in [0.2, 0.25) is 8.38 Å². The molecule has 4 atom stereocenters. The van der Waals surface area contributed by atoms with Gasteiger partial charge >= 0.3 is 0 Å². The standard InChI is InChI=1S/C43H36NO4P/c1-29(31-15-5-3-6-16-31)44(30(2)32-17-7-4-8-18-32)28-49-45-27-33-19-13-24-38-41(33)43(34-20-9-11-22-36(34)46-38)35-21-10-12-23-37(35)47-39-25-14-26-40(48-49)42(39)43/h3-26,29-30H,27-28H2,1-2H3/t29-,30-,43-,49?/m0/s1. The summed E-state index contributed by atoms with van der Waals surface area (Å²) < 4.78 is 27.6. The lowest BCUT2D eigenvalue weighted by molar-refractivity contribution is 0.171. The Kier molecular flexibility index (Phi) is 7.50. The Labute approximate surface area is 288 Å². The first-order valence-corrected chi connectivity index (χ1v) is 18.2. The molecule has 6 aromatic carbocycles. The topological polar surface area (TPSA) is 40.2 Å². The Hall–Kier alpha value is -4.93. The monoisotopic (exact) mass is 661 g/mol. The van der Waals surface area contributed by atoms with Crippen molar-refractivity contribution in [3.63, 3.8) is 0 Å². The van der Waals surface area contributed by atoms with E-state index in [0.29, 0.717) is 12.9 Å². The van der Waals surface area contributed by atoms with Crippen LogP contribution in [0.5, 0.6) is 28.7 Å². The summed E-state index contributed by atoms with van der Waals surface area (Å²) in [5.74, 6) is 4.01. The molecule has 3 aliphatic heterocycles. The van der Waals surface area contributed by atoms with Crippen LogP contribution in [-0.4, -0.2) is 11.2 Å². The van der Waals surface area contributed by atoms with Crippen LogP contribution in [0.25, 0.3) is 0 Å². The first-order chi connectivity index (χ1) is 24.1. The summed E-state index contributed by atoms with van der Waals surface area (Å²) in [5.41, 5.74) is 7.00. The highest BCUT2D eigenvalue weighted by molar-refractivity contribution is 7.47. The second-order valence-corrected chi connectivity index (χ2v) is 14.3. The lowest BCUT2D eigenvalue weighted by Gasteiger charge is -2.45. The van der Waals surface area contributed by atoms with E-state index in [0.717, 1.165) is 56.6 Å². The Morgan fingerprint density at radius 2 is 1.04 bits per heavy atom. The van der Waals surface area contributed by atoms with E-state index in [9.17, 15) is 0 Å². The third-order valence-electron chi connectivity index (χ3n) is 10.3. The summed E-state index contributed by atoms with van der Waals surface area (Å²) >= 11 is 0. The molecule has 3 heterocycles. The van der Waals surface area contributed by atoms with Crippen LogP contribution in [0.1, 0.15) is 64.9 Å². The minimum absolute atomic E-state index is 0.110. The zero-order valence-corrected chi connectivity index (χ0v) is 28.3. The first kappa shape index (κ1) is 30.2. The van der Waals surface area contributed by atoms with E-state index in [1.54, 1.807) is 0 Å². The van der Waals surface area contributed by atoms with Gasteiger partial charge in [-0.1, -0.05) is 115 Å². The molecular weight excluding hydrogens is 625 g/mol. The summed E-state index contributed by atoms with van der Waals surface area (Å²) in [4.78, 5) is 2.51. The normalized spacial score (nSPS) is 19.5. The Bertz CT molecular complexity index is 2070. The smallest absolute Gasteiger partial charge is 0.245 e. The van der Waals surface area contributed by atoms with Crippen molar-refractivity contribution in [2.45, 2.75) is 38.0 Å². The van der Waals surface area contributed by atoms with Crippen molar-refractivity contribution in [2.75, 3.05) is 6.29 Å². The number of para-hydroxylation sites is 2. The van der Waals surface area contributed by atoms with Crippen LogP contribution in [0.3, 0.4) is 0 Å².